The zero-order chi connectivity index (χ0) is 10.4. The van der Waals surface area contributed by atoms with E-state index in [4.69, 9.17) is 34.7 Å². The molecule has 2 heterocycles. The molecule has 0 bridgehead atoms. The van der Waals surface area contributed by atoms with Crippen molar-refractivity contribution in [2.24, 2.45) is 0 Å². The molecule has 0 spiro atoms. The van der Waals surface area contributed by atoms with Crippen molar-refractivity contribution in [2.75, 3.05) is 6.79 Å². The zero-order valence-electron chi connectivity index (χ0n) is 8.24. The predicted octanol–water partition coefficient (Wildman–Crippen LogP) is 1.11. The van der Waals surface area contributed by atoms with E-state index < -0.39 is 0 Å². The average molecular weight is 436 g/mol. The topological polar surface area (TPSA) is 21.7 Å². The van der Waals surface area contributed by atoms with Crippen molar-refractivity contribution in [1.29, 1.82) is 0 Å². The molecule has 0 saturated carbocycles. The number of fused-ring (bicyclic) bond motifs is 2. The first-order valence-electron chi connectivity index (χ1n) is 4.71. The summed E-state index contributed by atoms with van der Waals surface area (Å²) in [4.78, 5) is 2.07. The third-order valence-electron chi connectivity index (χ3n) is 2.74. The van der Waals surface area contributed by atoms with E-state index in [1.54, 1.807) is 0 Å². The molecule has 91 valence electrons. The van der Waals surface area contributed by atoms with E-state index in [9.17, 15) is 0 Å². The molecule has 6 heteroatoms. The Morgan fingerprint density at radius 3 is 2.00 bits per heavy atom. The molecule has 1 radical (unpaired) electrons. The first kappa shape index (κ1) is 12.7. The molecule has 1 aromatic carbocycles. The molecule has 16 heavy (non-hydrogen) atoms. The second kappa shape index (κ2) is 4.84. The Morgan fingerprint density at radius 2 is 1.56 bits per heavy atom. The molecule has 0 atom stereocenters. The molecule has 3 nitrogen and oxygen atoms in total. The fourth-order valence-electron chi connectivity index (χ4n) is 1.96. The van der Waals surface area contributed by atoms with Crippen LogP contribution in [-0.2, 0) is 60.7 Å². The molecule has 0 fully saturated rings. The fourth-order valence-corrected chi connectivity index (χ4v) is 2.26. The summed E-state index contributed by atoms with van der Waals surface area (Å²) in [6, 6.07) is 4.06. The van der Waals surface area contributed by atoms with Crippen molar-refractivity contribution in [3.63, 3.8) is 0 Å². The van der Waals surface area contributed by atoms with Crippen molar-refractivity contribution < 1.29 is 31.9 Å². The van der Waals surface area contributed by atoms with Gasteiger partial charge in [-0.1, -0.05) is 0 Å². The van der Waals surface area contributed by atoms with E-state index in [0.29, 0.717) is 6.79 Å². The van der Waals surface area contributed by atoms with Crippen molar-refractivity contribution in [2.45, 2.75) is 17.8 Å². The van der Waals surface area contributed by atoms with Gasteiger partial charge < -0.3 is 39.6 Å². The predicted molar refractivity (Wildman–Crippen MR) is 60.3 cm³/mol. The number of benzene rings is 1. The Hall–Kier alpha value is 0.220. The van der Waals surface area contributed by atoms with Gasteiger partial charge >= 0.3 is 0 Å². The van der Waals surface area contributed by atoms with Gasteiger partial charge in [0.15, 0.2) is 11.5 Å². The van der Waals surface area contributed by atoms with Gasteiger partial charge in [0.1, 0.15) is 0 Å². The van der Waals surface area contributed by atoms with Crippen LogP contribution in [0.4, 0.5) is 0 Å². The van der Waals surface area contributed by atoms with E-state index >= 15 is 0 Å². The van der Waals surface area contributed by atoms with Crippen LogP contribution in [0.25, 0.3) is 0 Å². The molecular weight excluding hydrogens is 427 g/mol. The number of nitrogens with zero attached hydrogens (tertiary/aromatic N) is 1. The van der Waals surface area contributed by atoms with Gasteiger partial charge in [-0.2, -0.15) is 0 Å². The van der Waals surface area contributed by atoms with Crippen LogP contribution < -0.4 is 9.47 Å². The molecule has 3 rings (SSSR count). The minimum atomic E-state index is -0.242. The van der Waals surface area contributed by atoms with Crippen molar-refractivity contribution >= 4 is 25.3 Å². The second-order valence-electron chi connectivity index (χ2n) is 3.69. The SMILES string of the molecule is [Au].[S-]C([S-])N1Cc2cc3c(cc2C1)OCO3. The molecule has 0 aromatic heterocycles. The van der Waals surface area contributed by atoms with Crippen LogP contribution in [0.15, 0.2) is 12.1 Å². The second-order valence-corrected chi connectivity index (χ2v) is 4.88. The third kappa shape index (κ3) is 2.12. The molecular formula is C10H9AuNO2S2-2. The van der Waals surface area contributed by atoms with Crippen LogP contribution in [0, 0.1) is 0 Å². The minimum Gasteiger partial charge on any atom is -0.800 e. The van der Waals surface area contributed by atoms with Crippen LogP contribution in [0.5, 0.6) is 11.5 Å². The van der Waals surface area contributed by atoms with E-state index in [2.05, 4.69) is 4.90 Å². The molecule has 0 amide bonds. The van der Waals surface area contributed by atoms with Gasteiger partial charge in [-0.15, -0.1) is 0 Å². The molecule has 0 saturated heterocycles. The van der Waals surface area contributed by atoms with E-state index in [1.165, 1.54) is 11.1 Å². The fraction of sp³-hybridized carbons (Fsp3) is 0.400. The standard InChI is InChI=1S/C10H11NO2S2.Au/c14-10(15)11-3-6-1-8-9(13-5-12-8)2-7(6)4-11;/h1-2,10,14-15H,3-5H2;/p-2. The van der Waals surface area contributed by atoms with E-state index in [-0.39, 0.29) is 27.1 Å². The first-order chi connectivity index (χ1) is 7.24. The van der Waals surface area contributed by atoms with Crippen molar-refractivity contribution in [1.82, 2.24) is 4.90 Å². The average Bonchev–Trinajstić information content (AvgIpc) is 2.77. The van der Waals surface area contributed by atoms with Gasteiger partial charge in [0.25, 0.3) is 0 Å². The summed E-state index contributed by atoms with van der Waals surface area (Å²) in [5, 5.41) is 0. The molecule has 1 aromatic rings. The van der Waals surface area contributed by atoms with Gasteiger partial charge in [0.2, 0.25) is 6.79 Å². The summed E-state index contributed by atoms with van der Waals surface area (Å²) in [5.74, 6) is 1.67. The molecule has 0 unspecified atom stereocenters. The maximum Gasteiger partial charge on any atom is 0.231 e. The van der Waals surface area contributed by atoms with Gasteiger partial charge in [-0.3, -0.25) is 0 Å². The molecule has 0 N–H and O–H groups in total. The minimum absolute atomic E-state index is 0. The monoisotopic (exact) mass is 436 g/mol. The Kier molecular flexibility index (Phi) is 3.83. The van der Waals surface area contributed by atoms with Gasteiger partial charge in [-0.05, 0) is 23.3 Å². The van der Waals surface area contributed by atoms with E-state index in [0.717, 1.165) is 24.6 Å². The largest absolute Gasteiger partial charge is 0.800 e. The normalized spacial score (nSPS) is 17.4. The quantitative estimate of drug-likeness (QED) is 0.485. The Morgan fingerprint density at radius 1 is 1.06 bits per heavy atom. The maximum atomic E-state index is 5.33. The number of ether oxygens (including phenoxy) is 2. The van der Waals surface area contributed by atoms with Crippen LogP contribution >= 0.6 is 0 Å². The summed E-state index contributed by atoms with van der Waals surface area (Å²) in [6.45, 7) is 1.97. The Balaban J connectivity index is 0.000000963. The molecule has 2 aliphatic heterocycles. The molecule has 0 aliphatic carbocycles. The maximum absolute atomic E-state index is 5.33. The summed E-state index contributed by atoms with van der Waals surface area (Å²) in [7, 11) is 0. The van der Waals surface area contributed by atoms with Crippen LogP contribution in [0.3, 0.4) is 0 Å². The van der Waals surface area contributed by atoms with Gasteiger partial charge in [0.05, 0.1) is 0 Å². The zero-order valence-corrected chi connectivity index (χ0v) is 12.0. The summed E-state index contributed by atoms with van der Waals surface area (Å²) < 4.78 is 10.4. The third-order valence-corrected chi connectivity index (χ3v) is 3.34. The van der Waals surface area contributed by atoms with E-state index in [1.807, 2.05) is 12.1 Å². The Labute approximate surface area is 121 Å². The van der Waals surface area contributed by atoms with Crippen LogP contribution in [0.1, 0.15) is 11.1 Å². The molecule has 2 aliphatic rings. The Bertz CT molecular complexity index is 381. The number of hydrogen-bond acceptors (Lipinski definition) is 5. The smallest absolute Gasteiger partial charge is 0.231 e. The van der Waals surface area contributed by atoms with Crippen LogP contribution in [-0.4, -0.2) is 16.4 Å². The first-order valence-corrected chi connectivity index (χ1v) is 5.65. The van der Waals surface area contributed by atoms with Crippen molar-refractivity contribution in [3.05, 3.63) is 23.3 Å². The summed E-state index contributed by atoms with van der Waals surface area (Å²) >= 11 is 10.1. The van der Waals surface area contributed by atoms with Gasteiger partial charge in [0, 0.05) is 35.5 Å². The summed E-state index contributed by atoms with van der Waals surface area (Å²) in [5.41, 5.74) is 2.50. The number of rotatable bonds is 1. The van der Waals surface area contributed by atoms with Crippen molar-refractivity contribution in [3.8, 4) is 11.5 Å². The van der Waals surface area contributed by atoms with Crippen LogP contribution in [0.2, 0.25) is 0 Å². The van der Waals surface area contributed by atoms with Gasteiger partial charge in [-0.25, -0.2) is 4.71 Å². The number of hydrogen-bond donors (Lipinski definition) is 0. The summed E-state index contributed by atoms with van der Waals surface area (Å²) in [6.07, 6.45) is 0.